The van der Waals surface area contributed by atoms with E-state index in [1.807, 2.05) is 0 Å². The third-order valence-corrected chi connectivity index (χ3v) is 3.29. The second kappa shape index (κ2) is 5.84. The van der Waals surface area contributed by atoms with E-state index in [9.17, 15) is 14.7 Å². The molecule has 1 aromatic carbocycles. The zero-order valence-electron chi connectivity index (χ0n) is 10.6. The minimum Gasteiger partial charge on any atom is -0.378 e. The number of carbonyl (C=O) groups is 2. The van der Waals surface area contributed by atoms with Crippen molar-refractivity contribution in [3.8, 4) is 0 Å². The number of aliphatic hydroxyl groups excluding tert-OH is 1. The fourth-order valence-electron chi connectivity index (χ4n) is 1.97. The van der Waals surface area contributed by atoms with Gasteiger partial charge in [0.2, 0.25) is 5.91 Å². The number of primary amides is 1. The summed E-state index contributed by atoms with van der Waals surface area (Å²) in [7, 11) is 0. The Hall–Kier alpha value is -1.88. The van der Waals surface area contributed by atoms with Gasteiger partial charge < -0.3 is 16.2 Å². The number of benzene rings is 1. The van der Waals surface area contributed by atoms with Gasteiger partial charge in [-0.3, -0.25) is 9.59 Å². The monoisotopic (exact) mass is 262 g/mol. The number of nitrogens with one attached hydrogen (secondary N) is 1. The smallest absolute Gasteiger partial charge is 0.254 e. The van der Waals surface area contributed by atoms with Crippen LogP contribution < -0.4 is 11.1 Å². The van der Waals surface area contributed by atoms with Gasteiger partial charge in [-0.05, 0) is 17.9 Å². The molecule has 2 amide bonds. The van der Waals surface area contributed by atoms with Crippen molar-refractivity contribution in [3.63, 3.8) is 0 Å². The zero-order valence-corrected chi connectivity index (χ0v) is 10.6. The van der Waals surface area contributed by atoms with E-state index in [0.29, 0.717) is 17.9 Å². The fourth-order valence-corrected chi connectivity index (χ4v) is 1.97. The molecule has 1 aromatic rings. The molecular weight excluding hydrogens is 244 g/mol. The maximum absolute atomic E-state index is 11.9. The Morgan fingerprint density at radius 3 is 2.47 bits per heavy atom. The molecule has 0 aromatic heterocycles. The number of nitrogens with two attached hydrogens (primary N) is 1. The summed E-state index contributed by atoms with van der Waals surface area (Å²) >= 11 is 0. The van der Waals surface area contributed by atoms with Gasteiger partial charge in [0.05, 0.1) is 0 Å². The number of aliphatic hydroxyl groups is 1. The van der Waals surface area contributed by atoms with Crippen molar-refractivity contribution in [1.29, 1.82) is 0 Å². The average Bonchev–Trinajstić information content (AvgIpc) is 3.22. The molecule has 0 unspecified atom stereocenters. The van der Waals surface area contributed by atoms with Gasteiger partial charge in [0, 0.05) is 0 Å². The van der Waals surface area contributed by atoms with Crippen LogP contribution in [0.5, 0.6) is 0 Å². The molecular formula is C14H18N2O3. The maximum atomic E-state index is 11.9. The van der Waals surface area contributed by atoms with Gasteiger partial charge in [0.1, 0.15) is 6.04 Å². The molecule has 5 nitrogen and oxygen atoms in total. The highest BCUT2D eigenvalue weighted by Gasteiger charge is 2.30. The molecule has 1 fully saturated rings. The van der Waals surface area contributed by atoms with E-state index in [4.69, 9.17) is 5.73 Å². The summed E-state index contributed by atoms with van der Waals surface area (Å²) in [6.07, 6.45) is 1.42. The van der Waals surface area contributed by atoms with Gasteiger partial charge in [-0.1, -0.05) is 43.2 Å². The van der Waals surface area contributed by atoms with Crippen LogP contribution in [0.25, 0.3) is 0 Å². The molecule has 0 aliphatic heterocycles. The lowest BCUT2D eigenvalue weighted by molar-refractivity contribution is -0.133. The van der Waals surface area contributed by atoms with Crippen molar-refractivity contribution in [2.75, 3.05) is 0 Å². The van der Waals surface area contributed by atoms with Crippen LogP contribution in [0, 0.1) is 5.92 Å². The minimum atomic E-state index is -1.28. The van der Waals surface area contributed by atoms with Gasteiger partial charge >= 0.3 is 0 Å². The number of amides is 2. The van der Waals surface area contributed by atoms with E-state index >= 15 is 0 Å². The second-order valence-electron chi connectivity index (χ2n) is 4.96. The first-order valence-corrected chi connectivity index (χ1v) is 6.40. The summed E-state index contributed by atoms with van der Waals surface area (Å²) in [4.78, 5) is 23.2. The molecule has 0 heterocycles. The van der Waals surface area contributed by atoms with Gasteiger partial charge in [-0.25, -0.2) is 0 Å². The predicted octanol–water partition coefficient (Wildman–Crippen LogP) is 0.490. The first-order valence-electron chi connectivity index (χ1n) is 6.40. The van der Waals surface area contributed by atoms with Gasteiger partial charge in [-0.15, -0.1) is 0 Å². The third kappa shape index (κ3) is 3.79. The van der Waals surface area contributed by atoms with Crippen LogP contribution in [0.1, 0.15) is 30.9 Å². The lowest BCUT2D eigenvalue weighted by atomic mass is 10.1. The molecule has 0 spiro atoms. The number of hydrogen-bond acceptors (Lipinski definition) is 3. The standard InChI is InChI=1S/C14H18N2O3/c15-13(18)11(8-9-6-7-9)16-14(19)12(17)10-4-2-1-3-5-10/h1-5,9,11-12,17H,6-8H2,(H2,15,18)(H,16,19)/t11-,12+/m1/s1. The number of hydrogen-bond donors (Lipinski definition) is 3. The van der Waals surface area contributed by atoms with Gasteiger partial charge in [-0.2, -0.15) is 0 Å². The van der Waals surface area contributed by atoms with E-state index in [0.717, 1.165) is 12.8 Å². The van der Waals surface area contributed by atoms with Crippen LogP contribution in [0.4, 0.5) is 0 Å². The summed E-state index contributed by atoms with van der Waals surface area (Å²) in [5, 5.41) is 12.4. The molecule has 19 heavy (non-hydrogen) atoms. The van der Waals surface area contributed by atoms with Crippen LogP contribution in [0.15, 0.2) is 30.3 Å². The van der Waals surface area contributed by atoms with E-state index < -0.39 is 24.0 Å². The van der Waals surface area contributed by atoms with E-state index in [2.05, 4.69) is 5.32 Å². The Labute approximate surface area is 111 Å². The van der Waals surface area contributed by atoms with Crippen LogP contribution in [0.2, 0.25) is 0 Å². The molecule has 2 atom stereocenters. The third-order valence-electron chi connectivity index (χ3n) is 3.29. The topological polar surface area (TPSA) is 92.4 Å². The molecule has 102 valence electrons. The molecule has 1 aliphatic carbocycles. The SMILES string of the molecule is NC(=O)[C@@H](CC1CC1)NC(=O)[C@@H](O)c1ccccc1. The van der Waals surface area contributed by atoms with E-state index in [1.165, 1.54) is 0 Å². The molecule has 2 rings (SSSR count). The molecule has 4 N–H and O–H groups in total. The summed E-state index contributed by atoms with van der Waals surface area (Å²) in [5.74, 6) is -0.678. The van der Waals surface area contributed by atoms with E-state index in [1.54, 1.807) is 30.3 Å². The van der Waals surface area contributed by atoms with Crippen molar-refractivity contribution >= 4 is 11.8 Å². The summed E-state index contributed by atoms with van der Waals surface area (Å²) in [6.45, 7) is 0. The van der Waals surface area contributed by atoms with Gasteiger partial charge in [0.15, 0.2) is 6.10 Å². The van der Waals surface area contributed by atoms with Crippen LogP contribution in [-0.2, 0) is 9.59 Å². The van der Waals surface area contributed by atoms with Crippen LogP contribution in [0.3, 0.4) is 0 Å². The highest BCUT2D eigenvalue weighted by atomic mass is 16.3. The van der Waals surface area contributed by atoms with Crippen molar-refractivity contribution in [3.05, 3.63) is 35.9 Å². The Kier molecular flexibility index (Phi) is 4.16. The molecule has 1 aliphatic rings. The average molecular weight is 262 g/mol. The first kappa shape index (κ1) is 13.5. The fraction of sp³-hybridized carbons (Fsp3) is 0.429. The van der Waals surface area contributed by atoms with Crippen molar-refractivity contribution in [2.24, 2.45) is 11.7 Å². The lowest BCUT2D eigenvalue weighted by Crippen LogP contribution is -2.46. The molecule has 1 saturated carbocycles. The minimum absolute atomic E-state index is 0.465. The molecule has 0 saturated heterocycles. The maximum Gasteiger partial charge on any atom is 0.254 e. The normalized spacial score (nSPS) is 17.5. The van der Waals surface area contributed by atoms with Crippen molar-refractivity contribution in [1.82, 2.24) is 5.32 Å². The molecule has 0 radical (unpaired) electrons. The Bertz CT molecular complexity index is 457. The van der Waals surface area contributed by atoms with Crippen LogP contribution in [-0.4, -0.2) is 23.0 Å². The summed E-state index contributed by atoms with van der Waals surface area (Å²) in [5.41, 5.74) is 5.76. The summed E-state index contributed by atoms with van der Waals surface area (Å²) in [6, 6.07) is 7.89. The van der Waals surface area contributed by atoms with E-state index in [-0.39, 0.29) is 0 Å². The van der Waals surface area contributed by atoms with Crippen molar-refractivity contribution < 1.29 is 14.7 Å². The van der Waals surface area contributed by atoms with Crippen LogP contribution >= 0.6 is 0 Å². The Morgan fingerprint density at radius 1 is 1.32 bits per heavy atom. The van der Waals surface area contributed by atoms with Gasteiger partial charge in [0.25, 0.3) is 5.91 Å². The Balaban J connectivity index is 1.96. The highest BCUT2D eigenvalue weighted by molar-refractivity contribution is 5.89. The summed E-state index contributed by atoms with van der Waals surface area (Å²) < 4.78 is 0. The highest BCUT2D eigenvalue weighted by Crippen LogP contribution is 2.33. The zero-order chi connectivity index (χ0) is 13.8. The number of carbonyl (C=O) groups excluding carboxylic acids is 2. The Morgan fingerprint density at radius 2 is 1.95 bits per heavy atom. The second-order valence-corrected chi connectivity index (χ2v) is 4.96. The predicted molar refractivity (Wildman–Crippen MR) is 69.9 cm³/mol. The number of rotatable bonds is 6. The molecule has 5 heteroatoms. The lowest BCUT2D eigenvalue weighted by Gasteiger charge is -2.18. The van der Waals surface area contributed by atoms with Crippen molar-refractivity contribution in [2.45, 2.75) is 31.4 Å². The molecule has 0 bridgehead atoms. The quantitative estimate of drug-likeness (QED) is 0.696. The largest absolute Gasteiger partial charge is 0.378 e. The first-order chi connectivity index (χ1) is 9.08.